The maximum Gasteiger partial charge on any atom is 0.514 e. The first-order valence-corrected chi connectivity index (χ1v) is 13.6. The number of rotatable bonds is 11. The Hall–Kier alpha value is -3.54. The lowest BCUT2D eigenvalue weighted by atomic mass is 9.98. The van der Waals surface area contributed by atoms with Crippen molar-refractivity contribution < 1.29 is 52.3 Å². The van der Waals surface area contributed by atoms with Crippen LogP contribution in [-0.2, 0) is 34.9 Å². The third-order valence-electron chi connectivity index (χ3n) is 5.88. The van der Waals surface area contributed by atoms with Gasteiger partial charge in [0.15, 0.2) is 11.5 Å². The van der Waals surface area contributed by atoms with Crippen LogP contribution in [0, 0.1) is 0 Å². The summed E-state index contributed by atoms with van der Waals surface area (Å²) in [7, 11) is 0. The zero-order valence-corrected chi connectivity index (χ0v) is 24.0. The highest BCUT2D eigenvalue weighted by Gasteiger charge is 2.27. The Labute approximate surface area is 234 Å². The average Bonchev–Trinajstić information content (AvgIpc) is 2.85. The summed E-state index contributed by atoms with van der Waals surface area (Å²) in [5.41, 5.74) is 6.55. The van der Waals surface area contributed by atoms with Gasteiger partial charge in [0.1, 0.15) is 24.4 Å². The van der Waals surface area contributed by atoms with E-state index in [0.29, 0.717) is 5.56 Å². The van der Waals surface area contributed by atoms with E-state index in [0.717, 1.165) is 32.1 Å². The van der Waals surface area contributed by atoms with Gasteiger partial charge in [0.2, 0.25) is 0 Å². The first kappa shape index (κ1) is 32.7. The molecule has 0 saturated heterocycles. The average molecular weight is 568 g/mol. The predicted octanol–water partition coefficient (Wildman–Crippen LogP) is 5.21. The molecular weight excluding hydrogens is 526 g/mol. The summed E-state index contributed by atoms with van der Waals surface area (Å²) < 4.78 is 36.4. The second kappa shape index (κ2) is 15.9. The molecule has 1 aromatic rings. The number of esters is 1. The Morgan fingerprint density at radius 1 is 0.750 bits per heavy atom. The van der Waals surface area contributed by atoms with Crippen molar-refractivity contribution in [2.75, 3.05) is 0 Å². The van der Waals surface area contributed by atoms with Crippen molar-refractivity contribution in [3.05, 3.63) is 23.8 Å². The number of nitrogens with two attached hydrogens (primary N) is 1. The maximum absolute atomic E-state index is 12.7. The van der Waals surface area contributed by atoms with Crippen molar-refractivity contribution >= 4 is 24.4 Å². The van der Waals surface area contributed by atoms with Crippen LogP contribution in [0.4, 0.5) is 14.4 Å². The third kappa shape index (κ3) is 11.7. The van der Waals surface area contributed by atoms with Gasteiger partial charge < -0.3 is 38.9 Å². The molecule has 0 aliphatic heterocycles. The summed E-state index contributed by atoms with van der Waals surface area (Å²) in [6.07, 6.45) is -0.613. The van der Waals surface area contributed by atoms with Crippen LogP contribution < -0.4 is 15.2 Å². The van der Waals surface area contributed by atoms with E-state index in [9.17, 15) is 19.2 Å². The molecule has 0 spiro atoms. The summed E-state index contributed by atoms with van der Waals surface area (Å²) in [6, 6.07) is 3.21. The molecule has 1 aromatic carbocycles. The fourth-order valence-corrected chi connectivity index (χ4v) is 3.75. The van der Waals surface area contributed by atoms with Crippen LogP contribution in [0.1, 0.15) is 79.2 Å². The van der Waals surface area contributed by atoms with Crippen LogP contribution in [0.25, 0.3) is 0 Å². The van der Waals surface area contributed by atoms with Crippen molar-refractivity contribution in [3.8, 4) is 11.5 Å². The molecular formula is C28H41NO11. The van der Waals surface area contributed by atoms with Crippen molar-refractivity contribution in [2.24, 2.45) is 5.73 Å². The molecule has 0 bridgehead atoms. The Morgan fingerprint density at radius 3 is 1.88 bits per heavy atom. The van der Waals surface area contributed by atoms with Crippen LogP contribution in [0.2, 0.25) is 0 Å². The number of carbonyl (C=O) groups excluding carboxylic acids is 4. The van der Waals surface area contributed by atoms with Gasteiger partial charge in [-0.1, -0.05) is 12.5 Å². The number of hydrogen-bond donors (Lipinski definition) is 1. The Morgan fingerprint density at radius 2 is 1.30 bits per heavy atom. The van der Waals surface area contributed by atoms with Crippen molar-refractivity contribution in [3.63, 3.8) is 0 Å². The van der Waals surface area contributed by atoms with Gasteiger partial charge in [-0.05, 0) is 91.3 Å². The minimum absolute atomic E-state index is 0.00315. The highest BCUT2D eigenvalue weighted by atomic mass is 16.8. The quantitative estimate of drug-likeness (QED) is 0.212. The van der Waals surface area contributed by atoms with E-state index in [1.807, 2.05) is 0 Å². The Bertz CT molecular complexity index is 1000. The van der Waals surface area contributed by atoms with E-state index in [-0.39, 0.29) is 24.0 Å². The van der Waals surface area contributed by atoms with Crippen LogP contribution in [-0.4, -0.2) is 61.0 Å². The number of benzene rings is 1. The molecule has 0 amide bonds. The molecule has 1 unspecified atom stereocenters. The van der Waals surface area contributed by atoms with E-state index in [4.69, 9.17) is 38.9 Å². The summed E-state index contributed by atoms with van der Waals surface area (Å²) in [5, 5.41) is 0. The monoisotopic (exact) mass is 567 g/mol. The number of carbonyl (C=O) groups is 4. The normalized spacial score (nSPS) is 15.9. The molecule has 1 aliphatic rings. The van der Waals surface area contributed by atoms with Gasteiger partial charge in [-0.15, -0.1) is 0 Å². The number of ether oxygens (including phenoxy) is 7. The topological polar surface area (TPSA) is 159 Å². The minimum Gasteiger partial charge on any atom is -0.458 e. The molecule has 0 heterocycles. The van der Waals surface area contributed by atoms with E-state index < -0.39 is 54.9 Å². The molecule has 12 heteroatoms. The standard InChI is InChI=1S/C28H41NO11/c1-16(2)34-26(31)39-23-13-12-20(15-24(23)40-27(32)35-17(3)4)14-22(29)25(30)36-18(5)19(6)37-28(33)38-21-10-8-7-9-11-21/h12-13,15-19,21-22H,7-11,14,29H2,1-6H3/t18-,19?,22-/m0/s1. The van der Waals surface area contributed by atoms with Gasteiger partial charge in [-0.3, -0.25) is 4.79 Å². The van der Waals surface area contributed by atoms with Gasteiger partial charge in [0, 0.05) is 0 Å². The fraction of sp³-hybridized carbons (Fsp3) is 0.643. The van der Waals surface area contributed by atoms with Crippen LogP contribution in [0.5, 0.6) is 11.5 Å². The lowest BCUT2D eigenvalue weighted by Crippen LogP contribution is -2.39. The fourth-order valence-electron chi connectivity index (χ4n) is 3.75. The van der Waals surface area contributed by atoms with E-state index in [1.54, 1.807) is 47.6 Å². The van der Waals surface area contributed by atoms with Crippen LogP contribution >= 0.6 is 0 Å². The number of hydrogen-bond acceptors (Lipinski definition) is 12. The minimum atomic E-state index is -1.10. The highest BCUT2D eigenvalue weighted by molar-refractivity contribution is 5.76. The van der Waals surface area contributed by atoms with E-state index in [2.05, 4.69) is 0 Å². The lowest BCUT2D eigenvalue weighted by Gasteiger charge is -2.25. The molecule has 12 nitrogen and oxygen atoms in total. The van der Waals surface area contributed by atoms with E-state index >= 15 is 0 Å². The highest BCUT2D eigenvalue weighted by Crippen LogP contribution is 2.30. The largest absolute Gasteiger partial charge is 0.514 e. The zero-order chi connectivity index (χ0) is 29.8. The first-order chi connectivity index (χ1) is 18.8. The van der Waals surface area contributed by atoms with Gasteiger partial charge in [-0.2, -0.15) is 0 Å². The van der Waals surface area contributed by atoms with E-state index in [1.165, 1.54) is 12.1 Å². The van der Waals surface area contributed by atoms with Crippen molar-refractivity contribution in [1.29, 1.82) is 0 Å². The summed E-state index contributed by atoms with van der Waals surface area (Å²) in [6.45, 7) is 9.77. The van der Waals surface area contributed by atoms with Gasteiger partial charge >= 0.3 is 24.4 Å². The molecule has 2 rings (SSSR count). The Balaban J connectivity index is 1.99. The van der Waals surface area contributed by atoms with Crippen LogP contribution in [0.3, 0.4) is 0 Å². The van der Waals surface area contributed by atoms with Gasteiger partial charge in [-0.25, -0.2) is 14.4 Å². The molecule has 40 heavy (non-hydrogen) atoms. The lowest BCUT2D eigenvalue weighted by molar-refractivity contribution is -0.155. The van der Waals surface area contributed by atoms with Crippen molar-refractivity contribution in [1.82, 2.24) is 0 Å². The van der Waals surface area contributed by atoms with Crippen LogP contribution in [0.15, 0.2) is 18.2 Å². The SMILES string of the molecule is CC(C)OC(=O)Oc1ccc(C[C@H](N)C(=O)O[C@@H](C)C(C)OC(=O)OC2CCCCC2)cc1OC(=O)OC(C)C. The molecule has 0 radical (unpaired) electrons. The van der Waals surface area contributed by atoms with Crippen molar-refractivity contribution in [2.45, 2.75) is 117 Å². The van der Waals surface area contributed by atoms with Gasteiger partial charge in [0.25, 0.3) is 0 Å². The first-order valence-electron chi connectivity index (χ1n) is 13.6. The second-order valence-corrected chi connectivity index (χ2v) is 10.2. The maximum atomic E-state index is 12.7. The molecule has 0 aromatic heterocycles. The smallest absolute Gasteiger partial charge is 0.458 e. The molecule has 224 valence electrons. The third-order valence-corrected chi connectivity index (χ3v) is 5.88. The summed E-state index contributed by atoms with van der Waals surface area (Å²) >= 11 is 0. The summed E-state index contributed by atoms with van der Waals surface area (Å²) in [4.78, 5) is 48.8. The molecule has 3 atom stereocenters. The molecule has 1 saturated carbocycles. The predicted molar refractivity (Wildman–Crippen MR) is 142 cm³/mol. The van der Waals surface area contributed by atoms with Gasteiger partial charge in [0.05, 0.1) is 12.2 Å². The second-order valence-electron chi connectivity index (χ2n) is 10.2. The molecule has 1 fully saturated rings. The summed E-state index contributed by atoms with van der Waals surface area (Å²) in [5.74, 6) is -0.951. The molecule has 2 N–H and O–H groups in total. The Kier molecular flexibility index (Phi) is 13.0. The zero-order valence-electron chi connectivity index (χ0n) is 24.0. The molecule has 1 aliphatic carbocycles.